The van der Waals surface area contributed by atoms with E-state index in [0.29, 0.717) is 11.1 Å². The molecule has 5 heteroatoms. The van der Waals surface area contributed by atoms with Crippen LogP contribution in [-0.4, -0.2) is 20.6 Å². The van der Waals surface area contributed by atoms with Crippen LogP contribution in [0, 0.1) is 0 Å². The van der Waals surface area contributed by atoms with Crippen molar-refractivity contribution < 1.29 is 13.2 Å². The molecule has 1 N–H and O–H groups in total. The van der Waals surface area contributed by atoms with E-state index in [2.05, 4.69) is 17.4 Å². The molecule has 0 spiro atoms. The summed E-state index contributed by atoms with van der Waals surface area (Å²) in [7, 11) is -3.10. The van der Waals surface area contributed by atoms with Crippen molar-refractivity contribution in [1.29, 1.82) is 0 Å². The van der Waals surface area contributed by atoms with Crippen LogP contribution in [0.25, 0.3) is 0 Å². The van der Waals surface area contributed by atoms with E-state index in [9.17, 15) is 13.2 Å². The fourth-order valence-electron chi connectivity index (χ4n) is 3.46. The van der Waals surface area contributed by atoms with E-state index >= 15 is 0 Å². The van der Waals surface area contributed by atoms with Crippen LogP contribution >= 0.6 is 0 Å². The van der Waals surface area contributed by atoms with Crippen molar-refractivity contribution in [3.63, 3.8) is 0 Å². The number of aryl methyl sites for hydroxylation is 1. The fraction of sp³-hybridized carbons (Fsp3) is 0.240. The summed E-state index contributed by atoms with van der Waals surface area (Å²) in [6.07, 6.45) is 3.95. The van der Waals surface area contributed by atoms with Gasteiger partial charge in [-0.25, -0.2) is 8.42 Å². The first kappa shape index (κ1) is 21.8. The maximum absolute atomic E-state index is 12.8. The Morgan fingerprint density at radius 2 is 1.43 bits per heavy atom. The summed E-state index contributed by atoms with van der Waals surface area (Å²) in [5.74, 6) is -0.185. The van der Waals surface area contributed by atoms with Gasteiger partial charge >= 0.3 is 0 Å². The van der Waals surface area contributed by atoms with E-state index in [-0.39, 0.29) is 17.7 Å². The van der Waals surface area contributed by atoms with E-state index in [0.717, 1.165) is 24.8 Å². The number of nitrogens with one attached hydrogen (secondary N) is 1. The van der Waals surface area contributed by atoms with Crippen molar-refractivity contribution in [3.8, 4) is 0 Å². The van der Waals surface area contributed by atoms with Crippen LogP contribution in [0.5, 0.6) is 0 Å². The first-order valence-corrected chi connectivity index (χ1v) is 12.1. The Morgan fingerprint density at radius 3 is 2.03 bits per heavy atom. The zero-order chi connectivity index (χ0) is 21.4. The predicted octanol–water partition coefficient (Wildman–Crippen LogP) is 4.73. The normalized spacial score (nSPS) is 12.3. The van der Waals surface area contributed by atoms with Crippen molar-refractivity contribution in [2.45, 2.75) is 31.1 Å². The molecule has 0 saturated heterocycles. The molecule has 0 aliphatic heterocycles. The molecule has 0 aliphatic rings. The molecule has 0 saturated carbocycles. The standard InChI is InChI=1S/C25H27NO3S/c1-30(28,29)19-21-15-17-23(18-16-21)25(27)26-24(22-12-6-3-7-13-22)14-8-11-20-9-4-2-5-10-20/h2-7,9-10,12-13,15-18,24H,8,11,14,19H2,1H3,(H,26,27). The van der Waals surface area contributed by atoms with Gasteiger partial charge in [-0.3, -0.25) is 4.79 Å². The minimum Gasteiger partial charge on any atom is -0.345 e. The van der Waals surface area contributed by atoms with Crippen LogP contribution in [0.1, 0.15) is 45.9 Å². The van der Waals surface area contributed by atoms with Gasteiger partial charge in [-0.05, 0) is 48.1 Å². The molecule has 3 aromatic carbocycles. The average molecular weight is 422 g/mol. The highest BCUT2D eigenvalue weighted by Crippen LogP contribution is 2.21. The SMILES string of the molecule is CS(=O)(=O)Cc1ccc(C(=O)NC(CCCc2ccccc2)c2ccccc2)cc1. The van der Waals surface area contributed by atoms with E-state index in [1.54, 1.807) is 24.3 Å². The minimum atomic E-state index is -3.10. The molecule has 0 heterocycles. The average Bonchev–Trinajstić information content (AvgIpc) is 2.74. The first-order chi connectivity index (χ1) is 14.4. The summed E-state index contributed by atoms with van der Waals surface area (Å²) < 4.78 is 22.9. The number of sulfone groups is 1. The number of carbonyl (C=O) groups is 1. The molecule has 0 aromatic heterocycles. The molecular formula is C25H27NO3S. The Morgan fingerprint density at radius 1 is 0.833 bits per heavy atom. The highest BCUT2D eigenvalue weighted by atomic mass is 32.2. The highest BCUT2D eigenvalue weighted by molar-refractivity contribution is 7.89. The van der Waals surface area contributed by atoms with Gasteiger partial charge in [0.15, 0.2) is 9.84 Å². The molecule has 0 radical (unpaired) electrons. The van der Waals surface area contributed by atoms with E-state index in [1.165, 1.54) is 11.8 Å². The summed E-state index contributed by atoms with van der Waals surface area (Å²) >= 11 is 0. The molecule has 1 unspecified atom stereocenters. The molecule has 1 amide bonds. The van der Waals surface area contributed by atoms with Crippen molar-refractivity contribution in [2.24, 2.45) is 0 Å². The molecule has 3 rings (SSSR count). The molecule has 0 aliphatic carbocycles. The summed E-state index contributed by atoms with van der Waals surface area (Å²) in [5, 5.41) is 3.15. The van der Waals surface area contributed by atoms with Crippen LogP contribution in [0.3, 0.4) is 0 Å². The Hall–Kier alpha value is -2.92. The lowest BCUT2D eigenvalue weighted by molar-refractivity contribution is 0.0934. The second-order valence-electron chi connectivity index (χ2n) is 7.58. The third-order valence-corrected chi connectivity index (χ3v) is 5.81. The molecular weight excluding hydrogens is 394 g/mol. The van der Waals surface area contributed by atoms with Crippen molar-refractivity contribution in [2.75, 3.05) is 6.26 Å². The zero-order valence-corrected chi connectivity index (χ0v) is 17.9. The van der Waals surface area contributed by atoms with Gasteiger partial charge in [0.1, 0.15) is 0 Å². The predicted molar refractivity (Wildman–Crippen MR) is 121 cm³/mol. The molecule has 3 aromatic rings. The molecule has 4 nitrogen and oxygen atoms in total. The molecule has 1 atom stereocenters. The maximum Gasteiger partial charge on any atom is 0.251 e. The Labute approximate surface area is 178 Å². The third-order valence-electron chi connectivity index (χ3n) is 4.95. The summed E-state index contributed by atoms with van der Waals surface area (Å²) in [6, 6.07) is 27.0. The van der Waals surface area contributed by atoms with Crippen LogP contribution in [0.4, 0.5) is 0 Å². The highest BCUT2D eigenvalue weighted by Gasteiger charge is 2.16. The number of hydrogen-bond donors (Lipinski definition) is 1. The second-order valence-corrected chi connectivity index (χ2v) is 9.72. The van der Waals surface area contributed by atoms with Gasteiger partial charge in [0.05, 0.1) is 11.8 Å². The molecule has 30 heavy (non-hydrogen) atoms. The lowest BCUT2D eigenvalue weighted by Crippen LogP contribution is -2.28. The Kier molecular flexibility index (Phi) is 7.41. The van der Waals surface area contributed by atoms with Gasteiger partial charge < -0.3 is 5.32 Å². The van der Waals surface area contributed by atoms with Gasteiger partial charge in [0, 0.05) is 11.8 Å². The lowest BCUT2D eigenvalue weighted by Gasteiger charge is -2.19. The lowest BCUT2D eigenvalue weighted by atomic mass is 9.98. The van der Waals surface area contributed by atoms with Crippen LogP contribution < -0.4 is 5.32 Å². The van der Waals surface area contributed by atoms with E-state index in [4.69, 9.17) is 0 Å². The number of carbonyl (C=O) groups excluding carboxylic acids is 1. The van der Waals surface area contributed by atoms with Gasteiger partial charge in [-0.1, -0.05) is 72.8 Å². The van der Waals surface area contributed by atoms with E-state index < -0.39 is 9.84 Å². The maximum atomic E-state index is 12.8. The van der Waals surface area contributed by atoms with Crippen LogP contribution in [0.2, 0.25) is 0 Å². The van der Waals surface area contributed by atoms with Gasteiger partial charge in [0.25, 0.3) is 5.91 Å². The number of benzene rings is 3. The van der Waals surface area contributed by atoms with Gasteiger partial charge in [-0.15, -0.1) is 0 Å². The Balaban J connectivity index is 1.67. The van der Waals surface area contributed by atoms with Crippen molar-refractivity contribution in [1.82, 2.24) is 5.32 Å². The van der Waals surface area contributed by atoms with Gasteiger partial charge in [0.2, 0.25) is 0 Å². The van der Waals surface area contributed by atoms with E-state index in [1.807, 2.05) is 48.5 Å². The first-order valence-electron chi connectivity index (χ1n) is 10.1. The van der Waals surface area contributed by atoms with Gasteiger partial charge in [-0.2, -0.15) is 0 Å². The Bertz CT molecular complexity index is 1050. The summed E-state index contributed by atoms with van der Waals surface area (Å²) in [6.45, 7) is 0. The molecule has 156 valence electrons. The zero-order valence-electron chi connectivity index (χ0n) is 17.1. The molecule has 0 fully saturated rings. The fourth-order valence-corrected chi connectivity index (χ4v) is 4.26. The van der Waals surface area contributed by atoms with Crippen LogP contribution in [-0.2, 0) is 22.0 Å². The quantitative estimate of drug-likeness (QED) is 0.543. The third kappa shape index (κ3) is 6.85. The largest absolute Gasteiger partial charge is 0.345 e. The topological polar surface area (TPSA) is 63.2 Å². The monoisotopic (exact) mass is 421 g/mol. The van der Waals surface area contributed by atoms with Crippen molar-refractivity contribution in [3.05, 3.63) is 107 Å². The number of amides is 1. The second kappa shape index (κ2) is 10.2. The van der Waals surface area contributed by atoms with Crippen molar-refractivity contribution >= 4 is 15.7 Å². The smallest absolute Gasteiger partial charge is 0.251 e. The summed E-state index contributed by atoms with van der Waals surface area (Å²) in [4.78, 5) is 12.8. The van der Waals surface area contributed by atoms with Crippen LogP contribution in [0.15, 0.2) is 84.9 Å². The molecule has 0 bridgehead atoms. The summed E-state index contributed by atoms with van der Waals surface area (Å²) in [5.41, 5.74) is 3.57. The number of rotatable bonds is 9. The minimum absolute atomic E-state index is 0.0268. The number of hydrogen-bond acceptors (Lipinski definition) is 3.